The van der Waals surface area contributed by atoms with Gasteiger partial charge in [0.1, 0.15) is 10.7 Å². The Morgan fingerprint density at radius 1 is 1.50 bits per heavy atom. The highest BCUT2D eigenvalue weighted by atomic mass is 32.1. The second-order valence-corrected chi connectivity index (χ2v) is 4.54. The van der Waals surface area contributed by atoms with Gasteiger partial charge in [0.15, 0.2) is 6.29 Å². The lowest BCUT2D eigenvalue weighted by Gasteiger charge is -1.85. The fourth-order valence-corrected chi connectivity index (χ4v) is 2.25. The normalized spacial score (nSPS) is 11.1. The summed E-state index contributed by atoms with van der Waals surface area (Å²) in [4.78, 5) is 22.8. The number of H-pyrrole nitrogens is 1. The Balaban J connectivity index is 2.11. The van der Waals surface area contributed by atoms with E-state index >= 15 is 0 Å². The summed E-state index contributed by atoms with van der Waals surface area (Å²) >= 11 is 1.34. The highest BCUT2D eigenvalue weighted by molar-refractivity contribution is 7.16. The second-order valence-electron chi connectivity index (χ2n) is 3.48. The predicted molar refractivity (Wildman–Crippen MR) is 60.8 cm³/mol. The first-order valence-corrected chi connectivity index (χ1v) is 5.53. The van der Waals surface area contributed by atoms with Crippen molar-refractivity contribution >= 4 is 23.4 Å². The lowest BCUT2D eigenvalue weighted by Crippen LogP contribution is -1.75. The van der Waals surface area contributed by atoms with Crippen LogP contribution in [0.15, 0.2) is 18.6 Å². The number of hydrogen-bond acceptors (Lipinski definition) is 4. The Bertz CT molecular complexity index is 632. The maximum absolute atomic E-state index is 10.6. The van der Waals surface area contributed by atoms with Gasteiger partial charge in [-0.3, -0.25) is 9.20 Å². The number of aromatic nitrogens is 4. The minimum atomic E-state index is 0.614. The van der Waals surface area contributed by atoms with Gasteiger partial charge in [-0.1, -0.05) is 0 Å². The first kappa shape index (κ1) is 9.29. The molecule has 5 nitrogen and oxygen atoms in total. The molecule has 3 aromatic heterocycles. The van der Waals surface area contributed by atoms with Crippen LogP contribution in [0.3, 0.4) is 0 Å². The molecule has 0 saturated heterocycles. The minimum absolute atomic E-state index is 0.614. The molecule has 0 saturated carbocycles. The number of nitrogens with zero attached hydrogens (tertiary/aromatic N) is 3. The van der Waals surface area contributed by atoms with E-state index in [1.165, 1.54) is 11.3 Å². The third kappa shape index (κ3) is 1.35. The van der Waals surface area contributed by atoms with E-state index in [2.05, 4.69) is 15.0 Å². The van der Waals surface area contributed by atoms with Crippen molar-refractivity contribution in [3.63, 3.8) is 0 Å². The molecule has 0 aliphatic carbocycles. The van der Waals surface area contributed by atoms with Crippen molar-refractivity contribution in [3.8, 4) is 10.7 Å². The van der Waals surface area contributed by atoms with Crippen LogP contribution in [0.4, 0.5) is 0 Å². The van der Waals surface area contributed by atoms with Crippen molar-refractivity contribution in [1.82, 2.24) is 19.4 Å². The molecule has 0 bridgehead atoms. The summed E-state index contributed by atoms with van der Waals surface area (Å²) in [5.74, 6) is 0.787. The van der Waals surface area contributed by atoms with Crippen LogP contribution in [0, 0.1) is 6.92 Å². The summed E-state index contributed by atoms with van der Waals surface area (Å²) in [5.41, 5.74) is 1.84. The average molecular weight is 232 g/mol. The molecule has 0 unspecified atom stereocenters. The Kier molecular flexibility index (Phi) is 1.90. The number of rotatable bonds is 2. The molecule has 6 heteroatoms. The van der Waals surface area contributed by atoms with Gasteiger partial charge in [0.2, 0.25) is 5.78 Å². The van der Waals surface area contributed by atoms with Gasteiger partial charge < -0.3 is 4.98 Å². The Hall–Kier alpha value is -1.95. The van der Waals surface area contributed by atoms with E-state index in [4.69, 9.17) is 0 Å². The standard InChI is InChI=1S/C10H8N4OS/c1-6-3-14-4-8(13-10(14)12-6)9-11-2-7(5-15)16-9/h2-5H,1H3,(H,12,13). The first-order valence-electron chi connectivity index (χ1n) is 4.72. The quantitative estimate of drug-likeness (QED) is 0.686. The van der Waals surface area contributed by atoms with Gasteiger partial charge in [-0.2, -0.15) is 0 Å². The molecular formula is C10H8N4OS. The Labute approximate surface area is 94.8 Å². The van der Waals surface area contributed by atoms with Crippen LogP contribution in [-0.2, 0) is 0 Å². The number of hydrogen-bond donors (Lipinski definition) is 1. The molecule has 0 aliphatic heterocycles. The van der Waals surface area contributed by atoms with Crippen molar-refractivity contribution in [2.45, 2.75) is 6.92 Å². The van der Waals surface area contributed by atoms with E-state index in [0.717, 1.165) is 28.5 Å². The van der Waals surface area contributed by atoms with Gasteiger partial charge in [0.05, 0.1) is 4.88 Å². The van der Waals surface area contributed by atoms with Crippen molar-refractivity contribution < 1.29 is 4.79 Å². The van der Waals surface area contributed by atoms with Crippen molar-refractivity contribution in [3.05, 3.63) is 29.2 Å². The van der Waals surface area contributed by atoms with E-state index in [1.54, 1.807) is 6.20 Å². The van der Waals surface area contributed by atoms with E-state index in [1.807, 2.05) is 23.7 Å². The largest absolute Gasteiger partial charge is 0.328 e. The van der Waals surface area contributed by atoms with Crippen LogP contribution in [-0.4, -0.2) is 25.6 Å². The molecule has 0 radical (unpaired) electrons. The third-order valence-corrected chi connectivity index (χ3v) is 3.18. The van der Waals surface area contributed by atoms with Crippen molar-refractivity contribution in [2.24, 2.45) is 0 Å². The lowest BCUT2D eigenvalue weighted by molar-refractivity contribution is 0.112. The molecule has 0 aliphatic rings. The first-order chi connectivity index (χ1) is 7.76. The molecule has 0 aromatic carbocycles. The van der Waals surface area contributed by atoms with Gasteiger partial charge in [0, 0.05) is 24.3 Å². The van der Waals surface area contributed by atoms with Gasteiger partial charge in [-0.15, -0.1) is 11.3 Å². The summed E-state index contributed by atoms with van der Waals surface area (Å²) in [6.07, 6.45) is 6.21. The molecule has 3 aromatic rings. The monoisotopic (exact) mass is 232 g/mol. The highest BCUT2D eigenvalue weighted by Crippen LogP contribution is 2.23. The fourth-order valence-electron chi connectivity index (χ4n) is 1.56. The van der Waals surface area contributed by atoms with Crippen molar-refractivity contribution in [2.75, 3.05) is 0 Å². The zero-order valence-corrected chi connectivity index (χ0v) is 9.28. The smallest absolute Gasteiger partial charge is 0.212 e. The van der Waals surface area contributed by atoms with Crippen LogP contribution >= 0.6 is 11.3 Å². The zero-order chi connectivity index (χ0) is 11.1. The molecule has 0 spiro atoms. The third-order valence-electron chi connectivity index (χ3n) is 2.23. The number of carbonyl (C=O) groups excluding carboxylic acids is 1. The Morgan fingerprint density at radius 3 is 3.06 bits per heavy atom. The molecule has 80 valence electrons. The fraction of sp³-hybridized carbons (Fsp3) is 0.100. The maximum Gasteiger partial charge on any atom is 0.212 e. The van der Waals surface area contributed by atoms with Crippen molar-refractivity contribution in [1.29, 1.82) is 0 Å². The lowest BCUT2D eigenvalue weighted by atomic mass is 10.5. The number of thiazole rings is 1. The predicted octanol–water partition coefficient (Wildman–Crippen LogP) is 1.91. The molecule has 0 fully saturated rings. The number of fused-ring (bicyclic) bond motifs is 1. The second kappa shape index (κ2) is 3.28. The van der Waals surface area contributed by atoms with E-state index in [0.29, 0.717) is 4.88 Å². The molecule has 1 N–H and O–H groups in total. The van der Waals surface area contributed by atoms with Gasteiger partial charge >= 0.3 is 0 Å². The summed E-state index contributed by atoms with van der Waals surface area (Å²) in [7, 11) is 0. The zero-order valence-electron chi connectivity index (χ0n) is 8.47. The van der Waals surface area contributed by atoms with Crippen LogP contribution in [0.2, 0.25) is 0 Å². The number of imidazole rings is 2. The maximum atomic E-state index is 10.6. The van der Waals surface area contributed by atoms with E-state index in [9.17, 15) is 4.79 Å². The molecule has 0 amide bonds. The van der Waals surface area contributed by atoms with Crippen LogP contribution in [0.25, 0.3) is 16.5 Å². The molecule has 3 rings (SSSR count). The molecule has 0 atom stereocenters. The number of aldehydes is 1. The SMILES string of the molecule is Cc1cn2cc(-c3ncc(C=O)s3)nc2[nH]1. The van der Waals surface area contributed by atoms with Crippen LogP contribution in [0.5, 0.6) is 0 Å². The molecule has 16 heavy (non-hydrogen) atoms. The van der Waals surface area contributed by atoms with Crippen LogP contribution < -0.4 is 0 Å². The van der Waals surface area contributed by atoms with Crippen LogP contribution in [0.1, 0.15) is 15.4 Å². The van der Waals surface area contributed by atoms with Gasteiger partial charge in [-0.25, -0.2) is 9.97 Å². The molecular weight excluding hydrogens is 224 g/mol. The topological polar surface area (TPSA) is 63.1 Å². The summed E-state index contributed by atoms with van der Waals surface area (Å²) in [5, 5.41) is 0.761. The average Bonchev–Trinajstić information content (AvgIpc) is 2.88. The van der Waals surface area contributed by atoms with Gasteiger partial charge in [-0.05, 0) is 6.92 Å². The molecule has 3 heterocycles. The Morgan fingerprint density at radius 2 is 2.38 bits per heavy atom. The van der Waals surface area contributed by atoms with Gasteiger partial charge in [0.25, 0.3) is 0 Å². The minimum Gasteiger partial charge on any atom is -0.328 e. The summed E-state index contributed by atoms with van der Waals surface area (Å²) in [6.45, 7) is 1.97. The number of nitrogens with one attached hydrogen (secondary N) is 1. The summed E-state index contributed by atoms with van der Waals surface area (Å²) in [6, 6.07) is 0. The number of aromatic amines is 1. The highest BCUT2D eigenvalue weighted by Gasteiger charge is 2.09. The van der Waals surface area contributed by atoms with E-state index in [-0.39, 0.29) is 0 Å². The number of aryl methyl sites for hydroxylation is 1. The number of carbonyl (C=O) groups is 1. The summed E-state index contributed by atoms with van der Waals surface area (Å²) < 4.78 is 1.91. The van der Waals surface area contributed by atoms with E-state index < -0.39 is 0 Å².